The summed E-state index contributed by atoms with van der Waals surface area (Å²) in [5.74, 6) is 1.46. The third-order valence-corrected chi connectivity index (χ3v) is 3.03. The van der Waals surface area contributed by atoms with Crippen LogP contribution in [0.5, 0.6) is 0 Å². The molecule has 0 aromatic carbocycles. The van der Waals surface area contributed by atoms with Crippen LogP contribution < -0.4 is 0 Å². The molecule has 0 amide bonds. The zero-order chi connectivity index (χ0) is 10.6. The van der Waals surface area contributed by atoms with Crippen molar-refractivity contribution in [3.05, 3.63) is 11.3 Å². The summed E-state index contributed by atoms with van der Waals surface area (Å²) < 4.78 is 5.19. The summed E-state index contributed by atoms with van der Waals surface area (Å²) in [6, 6.07) is 0. The van der Waals surface area contributed by atoms with Gasteiger partial charge < -0.3 is 4.74 Å². The average Bonchev–Trinajstić information content (AvgIpc) is 2.20. The quantitative estimate of drug-likeness (QED) is 0.690. The fourth-order valence-corrected chi connectivity index (χ4v) is 2.05. The summed E-state index contributed by atoms with van der Waals surface area (Å²) in [5.41, 5.74) is 0.847. The maximum atomic E-state index is 11.9. The predicted octanol–water partition coefficient (Wildman–Crippen LogP) is 3.08. The van der Waals surface area contributed by atoms with E-state index >= 15 is 0 Å². The van der Waals surface area contributed by atoms with Crippen molar-refractivity contribution in [2.75, 3.05) is 7.11 Å². The highest BCUT2D eigenvalue weighted by molar-refractivity contribution is 5.97. The van der Waals surface area contributed by atoms with Crippen LogP contribution in [0.4, 0.5) is 0 Å². The molecule has 0 saturated heterocycles. The van der Waals surface area contributed by atoms with Gasteiger partial charge in [0.25, 0.3) is 0 Å². The topological polar surface area (TPSA) is 26.3 Å². The number of Topliss-reactive ketones (excluding diaryl/α,β-unsaturated/α-hetero) is 1. The van der Waals surface area contributed by atoms with Gasteiger partial charge in [0.15, 0.2) is 5.78 Å². The van der Waals surface area contributed by atoms with E-state index in [-0.39, 0.29) is 5.92 Å². The van der Waals surface area contributed by atoms with Crippen molar-refractivity contribution in [1.29, 1.82) is 0 Å². The van der Waals surface area contributed by atoms with Crippen LogP contribution in [0.1, 0.15) is 46.0 Å². The predicted molar refractivity (Wildman–Crippen MR) is 57.0 cm³/mol. The minimum absolute atomic E-state index is 0.258. The van der Waals surface area contributed by atoms with Crippen molar-refractivity contribution in [3.8, 4) is 0 Å². The third-order valence-electron chi connectivity index (χ3n) is 3.03. The SMILES string of the molecule is CCCCC1CCC(OC)=C(C)C1=O. The molecular formula is C12H20O2. The Kier molecular flexibility index (Phi) is 4.18. The summed E-state index contributed by atoms with van der Waals surface area (Å²) in [5, 5.41) is 0. The van der Waals surface area contributed by atoms with Crippen LogP contribution in [-0.2, 0) is 9.53 Å². The Morgan fingerprint density at radius 2 is 2.21 bits per heavy atom. The second-order valence-electron chi connectivity index (χ2n) is 3.99. The smallest absolute Gasteiger partial charge is 0.165 e. The normalized spacial score (nSPS) is 22.8. The van der Waals surface area contributed by atoms with E-state index in [0.717, 1.165) is 37.0 Å². The maximum absolute atomic E-state index is 11.9. The van der Waals surface area contributed by atoms with Crippen LogP contribution in [0, 0.1) is 5.92 Å². The number of carbonyl (C=O) groups excluding carboxylic acids is 1. The van der Waals surface area contributed by atoms with E-state index in [1.165, 1.54) is 6.42 Å². The number of hydrogen-bond donors (Lipinski definition) is 0. The third kappa shape index (κ3) is 2.37. The van der Waals surface area contributed by atoms with E-state index in [1.54, 1.807) is 7.11 Å². The molecule has 1 unspecified atom stereocenters. The fraction of sp³-hybridized carbons (Fsp3) is 0.750. The molecule has 0 aromatic heterocycles. The highest BCUT2D eigenvalue weighted by atomic mass is 16.5. The monoisotopic (exact) mass is 196 g/mol. The van der Waals surface area contributed by atoms with E-state index in [2.05, 4.69) is 6.92 Å². The van der Waals surface area contributed by atoms with Gasteiger partial charge in [-0.05, 0) is 19.8 Å². The maximum Gasteiger partial charge on any atom is 0.165 e. The lowest BCUT2D eigenvalue weighted by molar-refractivity contribution is -0.120. The molecule has 0 radical (unpaired) electrons. The van der Waals surface area contributed by atoms with Crippen LogP contribution in [0.25, 0.3) is 0 Å². The second kappa shape index (κ2) is 5.18. The standard InChI is InChI=1S/C12H20O2/c1-4-5-6-10-7-8-11(14-3)9(2)12(10)13/h10H,4-8H2,1-3H3. The highest BCUT2D eigenvalue weighted by Gasteiger charge is 2.26. The number of ketones is 1. The first-order chi connectivity index (χ1) is 6.70. The summed E-state index contributed by atoms with van der Waals surface area (Å²) >= 11 is 0. The molecule has 1 aliphatic carbocycles. The number of carbonyl (C=O) groups is 1. The van der Waals surface area contributed by atoms with Crippen LogP contribution in [0.15, 0.2) is 11.3 Å². The van der Waals surface area contributed by atoms with Gasteiger partial charge >= 0.3 is 0 Å². The minimum Gasteiger partial charge on any atom is -0.501 e. The van der Waals surface area contributed by atoms with Crippen molar-refractivity contribution in [1.82, 2.24) is 0 Å². The fourth-order valence-electron chi connectivity index (χ4n) is 2.05. The number of allylic oxidation sites excluding steroid dienone is 2. The Bertz CT molecular complexity index is 241. The number of ether oxygens (including phenoxy) is 1. The van der Waals surface area contributed by atoms with Gasteiger partial charge in [-0.15, -0.1) is 0 Å². The molecule has 0 aromatic rings. The zero-order valence-electron chi connectivity index (χ0n) is 9.43. The van der Waals surface area contributed by atoms with Gasteiger partial charge in [-0.25, -0.2) is 0 Å². The van der Waals surface area contributed by atoms with Gasteiger partial charge in [-0.1, -0.05) is 19.8 Å². The number of hydrogen-bond acceptors (Lipinski definition) is 2. The molecule has 2 heteroatoms. The van der Waals surface area contributed by atoms with Gasteiger partial charge in [0.2, 0.25) is 0 Å². The first kappa shape index (κ1) is 11.3. The van der Waals surface area contributed by atoms with Crippen LogP contribution in [0.3, 0.4) is 0 Å². The molecule has 14 heavy (non-hydrogen) atoms. The highest BCUT2D eigenvalue weighted by Crippen LogP contribution is 2.29. The van der Waals surface area contributed by atoms with Crippen molar-refractivity contribution < 1.29 is 9.53 Å². The lowest BCUT2D eigenvalue weighted by Gasteiger charge is -2.23. The van der Waals surface area contributed by atoms with E-state index in [4.69, 9.17) is 4.74 Å². The number of rotatable bonds is 4. The first-order valence-corrected chi connectivity index (χ1v) is 5.48. The molecule has 0 fully saturated rings. The molecule has 1 atom stereocenters. The molecular weight excluding hydrogens is 176 g/mol. The number of methoxy groups -OCH3 is 1. The van der Waals surface area contributed by atoms with Crippen molar-refractivity contribution >= 4 is 5.78 Å². The van der Waals surface area contributed by atoms with Gasteiger partial charge in [0.05, 0.1) is 7.11 Å². The van der Waals surface area contributed by atoms with Gasteiger partial charge in [-0.3, -0.25) is 4.79 Å². The number of unbranched alkanes of at least 4 members (excludes halogenated alkanes) is 1. The molecule has 0 aliphatic heterocycles. The molecule has 1 aliphatic rings. The molecule has 0 saturated carbocycles. The van der Waals surface area contributed by atoms with E-state index < -0.39 is 0 Å². The molecule has 0 bridgehead atoms. The molecule has 0 heterocycles. The average molecular weight is 196 g/mol. The van der Waals surface area contributed by atoms with Crippen molar-refractivity contribution in [3.63, 3.8) is 0 Å². The Balaban J connectivity index is 2.62. The van der Waals surface area contributed by atoms with Crippen LogP contribution in [-0.4, -0.2) is 12.9 Å². The van der Waals surface area contributed by atoms with Gasteiger partial charge in [0.1, 0.15) is 5.76 Å². The van der Waals surface area contributed by atoms with E-state index in [1.807, 2.05) is 6.92 Å². The Hall–Kier alpha value is -0.790. The largest absolute Gasteiger partial charge is 0.501 e. The minimum atomic E-state index is 0.258. The molecule has 0 spiro atoms. The zero-order valence-corrected chi connectivity index (χ0v) is 9.43. The van der Waals surface area contributed by atoms with E-state index in [9.17, 15) is 4.79 Å². The summed E-state index contributed by atoms with van der Waals surface area (Å²) in [7, 11) is 1.65. The van der Waals surface area contributed by atoms with Gasteiger partial charge in [0, 0.05) is 17.9 Å². The molecule has 1 rings (SSSR count). The second-order valence-corrected chi connectivity index (χ2v) is 3.99. The van der Waals surface area contributed by atoms with Crippen LogP contribution in [0.2, 0.25) is 0 Å². The Labute approximate surface area is 86.3 Å². The lowest BCUT2D eigenvalue weighted by atomic mass is 9.84. The van der Waals surface area contributed by atoms with Crippen LogP contribution >= 0.6 is 0 Å². The Morgan fingerprint density at radius 3 is 2.79 bits per heavy atom. The molecule has 2 nitrogen and oxygen atoms in total. The summed E-state index contributed by atoms with van der Waals surface area (Å²) in [6.45, 7) is 4.05. The molecule has 80 valence electrons. The van der Waals surface area contributed by atoms with Crippen molar-refractivity contribution in [2.24, 2.45) is 5.92 Å². The lowest BCUT2D eigenvalue weighted by Crippen LogP contribution is -2.22. The van der Waals surface area contributed by atoms with Gasteiger partial charge in [-0.2, -0.15) is 0 Å². The molecule has 0 N–H and O–H groups in total. The summed E-state index contributed by atoms with van der Waals surface area (Å²) in [4.78, 5) is 11.9. The first-order valence-electron chi connectivity index (χ1n) is 5.48. The Morgan fingerprint density at radius 1 is 1.50 bits per heavy atom. The summed E-state index contributed by atoms with van der Waals surface area (Å²) in [6.07, 6.45) is 5.28. The van der Waals surface area contributed by atoms with E-state index in [0.29, 0.717) is 5.78 Å². The van der Waals surface area contributed by atoms with Crippen molar-refractivity contribution in [2.45, 2.75) is 46.0 Å².